The third-order valence-electron chi connectivity index (χ3n) is 4.67. The van der Waals surface area contributed by atoms with E-state index >= 15 is 0 Å². The van der Waals surface area contributed by atoms with Crippen molar-refractivity contribution < 1.29 is 9.47 Å². The van der Waals surface area contributed by atoms with Crippen molar-refractivity contribution >= 4 is 0 Å². The largest absolute Gasteiger partial charge is 0.344 e. The van der Waals surface area contributed by atoms with E-state index in [2.05, 4.69) is 79.7 Å². The summed E-state index contributed by atoms with van der Waals surface area (Å²) < 4.78 is 12.7. The molecule has 0 aliphatic rings. The van der Waals surface area contributed by atoms with E-state index in [4.69, 9.17) is 9.47 Å². The first-order valence-corrected chi connectivity index (χ1v) is 11.1. The van der Waals surface area contributed by atoms with E-state index in [1.807, 2.05) is 0 Å². The molecule has 0 saturated carbocycles. The van der Waals surface area contributed by atoms with E-state index in [-0.39, 0.29) is 12.2 Å². The fourth-order valence-corrected chi connectivity index (χ4v) is 3.07. The highest BCUT2D eigenvalue weighted by Gasteiger charge is 2.27. The first-order valence-electron chi connectivity index (χ1n) is 11.1. The molecule has 0 aromatic heterocycles. The van der Waals surface area contributed by atoms with Gasteiger partial charge in [-0.25, -0.2) is 0 Å². The van der Waals surface area contributed by atoms with Gasteiger partial charge >= 0.3 is 0 Å². The monoisotopic (exact) mass is 378 g/mol. The molecule has 0 fully saturated rings. The fourth-order valence-electron chi connectivity index (χ4n) is 3.07. The van der Waals surface area contributed by atoms with E-state index in [1.165, 1.54) is 36.8 Å². The predicted octanol–water partition coefficient (Wildman–Crippen LogP) is 8.14. The van der Waals surface area contributed by atoms with E-state index in [1.54, 1.807) is 0 Å². The Hall–Kier alpha value is -0.860. The third-order valence-corrected chi connectivity index (χ3v) is 4.67. The van der Waals surface area contributed by atoms with Gasteiger partial charge < -0.3 is 9.47 Å². The fraction of sp³-hybridized carbons (Fsp3) is 0.760. The molecule has 0 aromatic carbocycles. The molecule has 0 aromatic rings. The molecule has 0 rings (SSSR count). The predicted molar refractivity (Wildman–Crippen MR) is 120 cm³/mol. The summed E-state index contributed by atoms with van der Waals surface area (Å²) in [6.45, 7) is 17.3. The summed E-state index contributed by atoms with van der Waals surface area (Å²) in [5, 5.41) is 0. The molecular formula is C25H46O2. The molecule has 0 aliphatic carbocycles. The summed E-state index contributed by atoms with van der Waals surface area (Å²) in [5.41, 5.74) is 2.76. The van der Waals surface area contributed by atoms with Crippen molar-refractivity contribution in [2.45, 2.75) is 125 Å². The zero-order valence-corrected chi connectivity index (χ0v) is 19.4. The summed E-state index contributed by atoms with van der Waals surface area (Å²) in [7, 11) is 0. The van der Waals surface area contributed by atoms with Crippen molar-refractivity contribution in [2.75, 3.05) is 0 Å². The Bertz CT molecular complexity index is 439. The second-order valence-electron chi connectivity index (χ2n) is 8.35. The summed E-state index contributed by atoms with van der Waals surface area (Å²) in [5.74, 6) is -0.670. The van der Waals surface area contributed by atoms with Gasteiger partial charge in [-0.05, 0) is 73.3 Å². The lowest BCUT2D eigenvalue weighted by atomic mass is 10.1. The van der Waals surface area contributed by atoms with Crippen molar-refractivity contribution in [3.8, 4) is 0 Å². The summed E-state index contributed by atoms with van der Waals surface area (Å²) >= 11 is 0. The van der Waals surface area contributed by atoms with Crippen LogP contribution >= 0.6 is 0 Å². The standard InChI is InChI=1S/C25H46O2/c1-9-11-18-23(6)26-25(8,27-24(7)19-12-10-2)20-14-17-22(5)16-13-15-21(3)4/h14-15,17,20,23-24H,9-13,16,18-19H2,1-8H3/b20-14+,22-17+. The molecular weight excluding hydrogens is 332 g/mol. The topological polar surface area (TPSA) is 18.5 Å². The van der Waals surface area contributed by atoms with Gasteiger partial charge in [-0.3, -0.25) is 0 Å². The van der Waals surface area contributed by atoms with Crippen LogP contribution in [0.1, 0.15) is 107 Å². The Morgan fingerprint density at radius 1 is 0.926 bits per heavy atom. The number of hydrogen-bond donors (Lipinski definition) is 0. The third kappa shape index (κ3) is 14.8. The van der Waals surface area contributed by atoms with Gasteiger partial charge in [0, 0.05) is 0 Å². The zero-order valence-electron chi connectivity index (χ0n) is 19.4. The van der Waals surface area contributed by atoms with Gasteiger partial charge in [-0.2, -0.15) is 0 Å². The Morgan fingerprint density at radius 3 is 1.89 bits per heavy atom. The van der Waals surface area contributed by atoms with Crippen molar-refractivity contribution in [3.63, 3.8) is 0 Å². The second kappa shape index (κ2) is 15.1. The van der Waals surface area contributed by atoms with Crippen LogP contribution in [-0.2, 0) is 9.47 Å². The van der Waals surface area contributed by atoms with Gasteiger partial charge in [0.05, 0.1) is 12.2 Å². The Kier molecular flexibility index (Phi) is 14.6. The highest BCUT2D eigenvalue weighted by Crippen LogP contribution is 2.23. The van der Waals surface area contributed by atoms with Crippen LogP contribution in [-0.4, -0.2) is 18.0 Å². The Balaban J connectivity index is 4.96. The molecule has 0 radical (unpaired) electrons. The number of ether oxygens (including phenoxy) is 2. The molecule has 2 atom stereocenters. The lowest BCUT2D eigenvalue weighted by molar-refractivity contribution is -0.235. The maximum atomic E-state index is 6.34. The van der Waals surface area contributed by atoms with Gasteiger partial charge in [-0.15, -0.1) is 0 Å². The summed E-state index contributed by atoms with van der Waals surface area (Å²) in [6.07, 6.45) is 18.2. The van der Waals surface area contributed by atoms with Crippen LogP contribution in [0, 0.1) is 0 Å². The molecule has 2 heteroatoms. The van der Waals surface area contributed by atoms with Crippen LogP contribution in [0.3, 0.4) is 0 Å². The van der Waals surface area contributed by atoms with Crippen molar-refractivity contribution in [3.05, 3.63) is 35.5 Å². The van der Waals surface area contributed by atoms with E-state index in [0.29, 0.717) is 0 Å². The highest BCUT2D eigenvalue weighted by molar-refractivity contribution is 5.14. The van der Waals surface area contributed by atoms with E-state index in [0.717, 1.165) is 25.7 Å². The molecule has 0 spiro atoms. The second-order valence-corrected chi connectivity index (χ2v) is 8.35. The average Bonchev–Trinajstić information content (AvgIpc) is 2.57. The Labute approximate surface area is 170 Å². The molecule has 2 nitrogen and oxygen atoms in total. The maximum Gasteiger partial charge on any atom is 0.185 e. The van der Waals surface area contributed by atoms with Crippen LogP contribution in [0.5, 0.6) is 0 Å². The first kappa shape index (κ1) is 26.1. The molecule has 27 heavy (non-hydrogen) atoms. The summed E-state index contributed by atoms with van der Waals surface area (Å²) in [4.78, 5) is 0. The van der Waals surface area contributed by atoms with Crippen LogP contribution in [0.25, 0.3) is 0 Å². The molecule has 0 saturated heterocycles. The zero-order chi connectivity index (χ0) is 20.7. The van der Waals surface area contributed by atoms with Gasteiger partial charge in [0.15, 0.2) is 5.79 Å². The van der Waals surface area contributed by atoms with Crippen molar-refractivity contribution in [1.82, 2.24) is 0 Å². The molecule has 0 aliphatic heterocycles. The lowest BCUT2D eigenvalue weighted by Gasteiger charge is -2.33. The summed E-state index contributed by atoms with van der Waals surface area (Å²) in [6, 6.07) is 0. The normalized spacial score (nSPS) is 17.0. The van der Waals surface area contributed by atoms with Crippen LogP contribution in [0.15, 0.2) is 35.5 Å². The smallest absolute Gasteiger partial charge is 0.185 e. The minimum absolute atomic E-state index is 0.195. The SMILES string of the molecule is CCCCC(C)OC(C)(/C=C/C=C(\C)CCC=C(C)C)OC(C)CCCC. The van der Waals surface area contributed by atoms with Crippen LogP contribution in [0.2, 0.25) is 0 Å². The van der Waals surface area contributed by atoms with Crippen molar-refractivity contribution in [1.29, 1.82) is 0 Å². The minimum atomic E-state index is -0.670. The molecule has 0 heterocycles. The van der Waals surface area contributed by atoms with Crippen molar-refractivity contribution in [2.24, 2.45) is 0 Å². The van der Waals surface area contributed by atoms with Gasteiger partial charge in [-0.1, -0.05) is 68.9 Å². The van der Waals surface area contributed by atoms with Gasteiger partial charge in [0.25, 0.3) is 0 Å². The molecule has 0 bridgehead atoms. The molecule has 0 N–H and O–H groups in total. The van der Waals surface area contributed by atoms with Gasteiger partial charge in [0.1, 0.15) is 0 Å². The quantitative estimate of drug-likeness (QED) is 0.163. The van der Waals surface area contributed by atoms with E-state index in [9.17, 15) is 0 Å². The lowest BCUT2D eigenvalue weighted by Crippen LogP contribution is -2.37. The van der Waals surface area contributed by atoms with Crippen LogP contribution < -0.4 is 0 Å². The Morgan fingerprint density at radius 2 is 1.44 bits per heavy atom. The first-order chi connectivity index (χ1) is 12.7. The number of unbranched alkanes of at least 4 members (excludes halogenated alkanes) is 2. The average molecular weight is 379 g/mol. The molecule has 0 amide bonds. The van der Waals surface area contributed by atoms with Gasteiger partial charge in [0.2, 0.25) is 0 Å². The highest BCUT2D eigenvalue weighted by atomic mass is 16.7. The van der Waals surface area contributed by atoms with Crippen LogP contribution in [0.4, 0.5) is 0 Å². The number of allylic oxidation sites excluding steroid dienone is 5. The molecule has 2 unspecified atom stereocenters. The maximum absolute atomic E-state index is 6.34. The minimum Gasteiger partial charge on any atom is -0.344 e. The van der Waals surface area contributed by atoms with E-state index < -0.39 is 5.79 Å². The molecule has 158 valence electrons. The number of hydrogen-bond acceptors (Lipinski definition) is 2. The number of rotatable bonds is 15.